The minimum atomic E-state index is -3.08. The fraction of sp³-hybridized carbons (Fsp3) is 0.750. The van der Waals surface area contributed by atoms with E-state index in [4.69, 9.17) is 17.1 Å². The number of hydrogen-bond acceptors (Lipinski definition) is 5. The van der Waals surface area contributed by atoms with Gasteiger partial charge in [-0.2, -0.15) is 5.26 Å². The number of carbonyl (C=O) groups excluding carboxylic acids is 3. The quantitative estimate of drug-likeness (QED) is 0.379. The second-order valence-corrected chi connectivity index (χ2v) is 13.7. The van der Waals surface area contributed by atoms with Crippen LogP contribution in [0.5, 0.6) is 0 Å². The van der Waals surface area contributed by atoms with Gasteiger partial charge in [0.25, 0.3) is 0 Å². The summed E-state index contributed by atoms with van der Waals surface area (Å²) in [5.41, 5.74) is -6.29. The number of ketones is 2. The zero-order chi connectivity index (χ0) is 34.9. The monoisotopic (exact) mass is 514 g/mol. The van der Waals surface area contributed by atoms with E-state index >= 15 is 0 Å². The number of rotatable bonds is 1. The Balaban J connectivity index is 1.74. The largest absolute Gasteiger partial charge is 0.469 e. The summed E-state index contributed by atoms with van der Waals surface area (Å²) in [6.07, 6.45) is 3.68. The van der Waals surface area contributed by atoms with Crippen LogP contribution in [0.4, 0.5) is 0 Å². The Morgan fingerprint density at radius 3 is 2.43 bits per heavy atom. The van der Waals surface area contributed by atoms with E-state index in [-0.39, 0.29) is 42.3 Å². The third kappa shape index (κ3) is 3.11. The lowest BCUT2D eigenvalue weighted by Gasteiger charge is -2.68. The summed E-state index contributed by atoms with van der Waals surface area (Å²) in [4.78, 5) is 41.8. The number of allylic oxidation sites excluding steroid dienone is 4. The van der Waals surface area contributed by atoms with E-state index < -0.39 is 77.5 Å². The van der Waals surface area contributed by atoms with E-state index in [0.29, 0.717) is 19.3 Å². The second-order valence-electron chi connectivity index (χ2n) is 13.7. The number of nitrogens with zero attached hydrogens (tertiary/aromatic N) is 1. The van der Waals surface area contributed by atoms with Crippen molar-refractivity contribution in [1.82, 2.24) is 0 Å². The summed E-state index contributed by atoms with van der Waals surface area (Å²) in [5, 5.41) is 9.92. The molecule has 0 spiro atoms. The lowest BCUT2D eigenvalue weighted by molar-refractivity contribution is -0.191. The molecule has 0 bridgehead atoms. The van der Waals surface area contributed by atoms with Crippen LogP contribution in [0, 0.1) is 61.6 Å². The molecule has 0 unspecified atom stereocenters. The molecule has 7 atom stereocenters. The van der Waals surface area contributed by atoms with Gasteiger partial charge in [0, 0.05) is 25.0 Å². The van der Waals surface area contributed by atoms with Crippen molar-refractivity contribution in [2.75, 3.05) is 7.04 Å². The first-order valence-electron chi connectivity index (χ1n) is 17.9. The molecule has 0 aromatic rings. The predicted octanol–water partition coefficient (Wildman–Crippen LogP) is 6.38. The zero-order valence-electron chi connectivity index (χ0n) is 31.4. The van der Waals surface area contributed by atoms with Crippen molar-refractivity contribution in [3.05, 3.63) is 23.3 Å². The van der Waals surface area contributed by atoms with Crippen LogP contribution in [0.3, 0.4) is 0 Å². The molecule has 5 nitrogen and oxygen atoms in total. The van der Waals surface area contributed by atoms with Gasteiger partial charge in [-0.15, -0.1) is 0 Å². The third-order valence-electron chi connectivity index (χ3n) is 11.9. The van der Waals surface area contributed by atoms with Gasteiger partial charge in [-0.25, -0.2) is 0 Å². The minimum Gasteiger partial charge on any atom is -0.469 e. The van der Waals surface area contributed by atoms with Crippen LogP contribution < -0.4 is 0 Å². The molecule has 5 aliphatic rings. The van der Waals surface area contributed by atoms with Crippen LogP contribution in [-0.4, -0.2) is 24.6 Å². The van der Waals surface area contributed by atoms with Gasteiger partial charge in [0.1, 0.15) is 6.07 Å². The van der Waals surface area contributed by atoms with E-state index in [0.717, 1.165) is 5.57 Å². The molecule has 5 heteroatoms. The summed E-state index contributed by atoms with van der Waals surface area (Å²) in [5.74, 6) is -4.00. The average Bonchev–Trinajstić information content (AvgIpc) is 2.89. The molecule has 0 radical (unpaired) electrons. The minimum absolute atomic E-state index is 0.0381. The summed E-state index contributed by atoms with van der Waals surface area (Å²) < 4.78 is 78.3. The summed E-state index contributed by atoms with van der Waals surface area (Å²) in [7, 11) is -3.08. The molecular weight excluding hydrogens is 462 g/mol. The van der Waals surface area contributed by atoms with Crippen molar-refractivity contribution in [3.8, 4) is 6.07 Å². The van der Waals surface area contributed by atoms with Gasteiger partial charge in [-0.1, -0.05) is 60.0 Å². The standard InChI is InChI=1S/C32H43NO4/c1-27(2)11-13-32(26(36)37-8)14-12-31(7)24(20(32)17-27)21(34)15-23-29(5)16-19(18-33)25(35)28(3,4)22(29)9-10-30(23,31)6/h15-16,20,22,24H,9-14,17H2,1-8H3/t20-,22-,24-,29-,30+,31+,32-/m0/s1/i1D3,2D3,8D3. The van der Waals surface area contributed by atoms with Gasteiger partial charge in [-0.05, 0) is 79.1 Å². The maximum absolute atomic E-state index is 14.7. The fourth-order valence-corrected chi connectivity index (χ4v) is 9.74. The number of Topliss-reactive ketones (excluding diaryl/α,β-unsaturated/α-hetero) is 1. The summed E-state index contributed by atoms with van der Waals surface area (Å²) in [6.45, 7) is 3.69. The van der Waals surface area contributed by atoms with Crippen molar-refractivity contribution in [2.24, 2.45) is 50.2 Å². The van der Waals surface area contributed by atoms with Gasteiger partial charge in [0.2, 0.25) is 0 Å². The molecule has 200 valence electrons. The van der Waals surface area contributed by atoms with E-state index in [1.807, 2.05) is 34.6 Å². The summed E-state index contributed by atoms with van der Waals surface area (Å²) in [6, 6.07) is 2.06. The van der Waals surface area contributed by atoms with Crippen LogP contribution in [0.2, 0.25) is 0 Å². The van der Waals surface area contributed by atoms with Gasteiger partial charge in [0.05, 0.1) is 22.1 Å². The number of methoxy groups -OCH3 is 1. The molecule has 0 N–H and O–H groups in total. The Morgan fingerprint density at radius 1 is 1.08 bits per heavy atom. The average molecular weight is 515 g/mol. The maximum Gasteiger partial charge on any atom is 0.312 e. The SMILES string of the molecule is [2H]C([2H])([2H])OC(=O)[C@]12CCC(C([2H])([2H])[2H])(C([2H])([2H])[2H])C[C@H]1[C@H]1C(=O)C=C3[C@@]4(C)C=C(C#N)C(=O)C(C)(C)[C@@H]4CC[C@@]3(C)[C@]1(C)CC2. The van der Waals surface area contributed by atoms with Crippen molar-refractivity contribution < 1.29 is 31.5 Å². The summed E-state index contributed by atoms with van der Waals surface area (Å²) >= 11 is 0. The first-order valence-corrected chi connectivity index (χ1v) is 13.4. The van der Waals surface area contributed by atoms with E-state index in [1.165, 1.54) is 0 Å². The third-order valence-corrected chi connectivity index (χ3v) is 11.9. The van der Waals surface area contributed by atoms with Crippen molar-refractivity contribution in [1.29, 1.82) is 5.26 Å². The Bertz CT molecular complexity index is 1480. The Hall–Kier alpha value is -2.22. The van der Waals surface area contributed by atoms with Crippen LogP contribution in [0.25, 0.3) is 0 Å². The smallest absolute Gasteiger partial charge is 0.312 e. The van der Waals surface area contributed by atoms with Gasteiger partial charge < -0.3 is 4.74 Å². The van der Waals surface area contributed by atoms with E-state index in [2.05, 4.69) is 6.07 Å². The van der Waals surface area contributed by atoms with Gasteiger partial charge >= 0.3 is 5.97 Å². The second kappa shape index (κ2) is 7.67. The fourth-order valence-electron chi connectivity index (χ4n) is 9.74. The Kier molecular flexibility index (Phi) is 3.61. The van der Waals surface area contributed by atoms with Crippen LogP contribution in [0.15, 0.2) is 23.3 Å². The highest BCUT2D eigenvalue weighted by Crippen LogP contribution is 2.74. The maximum atomic E-state index is 14.7. The molecule has 5 rings (SSSR count). The molecular formula is C32H43NO4. The number of hydrogen-bond donors (Lipinski definition) is 0. The molecule has 0 saturated heterocycles. The van der Waals surface area contributed by atoms with Crippen molar-refractivity contribution in [2.45, 2.75) is 93.3 Å². The zero-order valence-corrected chi connectivity index (χ0v) is 22.4. The lowest BCUT2D eigenvalue weighted by Crippen LogP contribution is -2.65. The first-order chi connectivity index (χ1) is 20.7. The number of nitriles is 1. The first kappa shape index (κ1) is 17.4. The number of esters is 1. The molecule has 37 heavy (non-hydrogen) atoms. The highest BCUT2D eigenvalue weighted by molar-refractivity contribution is 6.04. The number of carbonyl (C=O) groups is 3. The molecule has 0 heterocycles. The Morgan fingerprint density at radius 2 is 1.78 bits per heavy atom. The predicted molar refractivity (Wildman–Crippen MR) is 141 cm³/mol. The normalized spacial score (nSPS) is 50.3. The molecule has 3 saturated carbocycles. The Labute approximate surface area is 234 Å². The number of ether oxygens (including phenoxy) is 1. The molecule has 3 fully saturated rings. The van der Waals surface area contributed by atoms with Gasteiger partial charge in [0.15, 0.2) is 11.6 Å². The van der Waals surface area contributed by atoms with Crippen molar-refractivity contribution >= 4 is 17.5 Å². The molecule has 5 aliphatic carbocycles. The molecule has 0 aromatic carbocycles. The highest BCUT2D eigenvalue weighted by atomic mass is 16.5. The molecule has 0 amide bonds. The van der Waals surface area contributed by atoms with Gasteiger partial charge in [-0.3, -0.25) is 14.4 Å². The molecule has 0 aromatic heterocycles. The number of fused-ring (bicyclic) bond motifs is 7. The van der Waals surface area contributed by atoms with E-state index in [9.17, 15) is 19.6 Å². The van der Waals surface area contributed by atoms with Crippen LogP contribution in [0.1, 0.15) is 106 Å². The van der Waals surface area contributed by atoms with Crippen LogP contribution >= 0.6 is 0 Å². The van der Waals surface area contributed by atoms with E-state index in [1.54, 1.807) is 12.2 Å². The molecule has 0 aliphatic heterocycles. The topological polar surface area (TPSA) is 84.2 Å². The lowest BCUT2D eigenvalue weighted by atomic mass is 9.34. The highest BCUT2D eigenvalue weighted by Gasteiger charge is 2.71. The van der Waals surface area contributed by atoms with Crippen LogP contribution in [-0.2, 0) is 19.1 Å². The van der Waals surface area contributed by atoms with Crippen molar-refractivity contribution in [3.63, 3.8) is 0 Å².